The highest BCUT2D eigenvalue weighted by molar-refractivity contribution is 5.92. The lowest BCUT2D eigenvalue weighted by molar-refractivity contribution is 0.442. The molecule has 0 spiro atoms. The first-order valence-corrected chi connectivity index (χ1v) is 13.6. The maximum absolute atomic E-state index is 10.5. The molecule has 0 saturated carbocycles. The summed E-state index contributed by atoms with van der Waals surface area (Å²) in [6, 6.07) is 17.1. The first kappa shape index (κ1) is 28.2. The minimum absolute atomic E-state index is 0.0404. The lowest BCUT2D eigenvalue weighted by Crippen LogP contribution is -2.22. The third kappa shape index (κ3) is 7.12. The van der Waals surface area contributed by atoms with E-state index in [1.54, 1.807) is 0 Å². The third-order valence-corrected chi connectivity index (χ3v) is 6.78. The summed E-state index contributed by atoms with van der Waals surface area (Å²) in [5.41, 5.74) is 5.75. The average Bonchev–Trinajstić information content (AvgIpc) is 3.60. The summed E-state index contributed by atoms with van der Waals surface area (Å²) in [6.45, 7) is 18.2. The quantitative estimate of drug-likeness (QED) is 0.396. The van der Waals surface area contributed by atoms with Crippen LogP contribution in [0.5, 0.6) is 5.75 Å². The van der Waals surface area contributed by atoms with Crippen molar-refractivity contribution in [3.05, 3.63) is 76.3 Å². The highest BCUT2D eigenvalue weighted by Crippen LogP contribution is 2.36. The van der Waals surface area contributed by atoms with Gasteiger partial charge in [0, 0.05) is 25.9 Å². The van der Waals surface area contributed by atoms with Crippen LogP contribution in [-0.4, -0.2) is 43.0 Å². The molecule has 0 radical (unpaired) electrons. The number of phenolic OH excluding ortho intramolecular Hbond substituents is 1. The van der Waals surface area contributed by atoms with Crippen LogP contribution in [0.2, 0.25) is 0 Å². The lowest BCUT2D eigenvalue weighted by atomic mass is 9.82. The van der Waals surface area contributed by atoms with Gasteiger partial charge in [0.25, 0.3) is 0 Å². The van der Waals surface area contributed by atoms with E-state index in [-0.39, 0.29) is 5.41 Å². The Morgan fingerprint density at radius 3 is 2.03 bits per heavy atom. The molecule has 0 unspecified atom stereocenters. The Labute approximate surface area is 223 Å². The second-order valence-electron chi connectivity index (χ2n) is 10.4. The molecule has 0 saturated heterocycles. The molecule has 0 atom stereocenters. The molecular formula is C32H44N4O. The molecule has 37 heavy (non-hydrogen) atoms. The number of phenols is 1. The number of benzene rings is 3. The van der Waals surface area contributed by atoms with Gasteiger partial charge in [-0.15, -0.1) is 0 Å². The summed E-state index contributed by atoms with van der Waals surface area (Å²) >= 11 is 0. The van der Waals surface area contributed by atoms with Gasteiger partial charge in [-0.3, -0.25) is 9.98 Å². The number of nitrogens with zero attached hydrogens (tertiary/aromatic N) is 2. The SMILES string of the molecule is CC.Cc1cc(C(C)(C)C)c(O)c(C)c1CC1=NCCN1.c1ccc2c(CC3=NCCN3)cccc2c1. The number of hydrogen-bond acceptors (Lipinski definition) is 5. The molecule has 198 valence electrons. The fourth-order valence-electron chi connectivity index (χ4n) is 4.78. The Morgan fingerprint density at radius 2 is 1.43 bits per heavy atom. The van der Waals surface area contributed by atoms with Gasteiger partial charge in [-0.25, -0.2) is 0 Å². The summed E-state index contributed by atoms with van der Waals surface area (Å²) in [5.74, 6) is 2.59. The summed E-state index contributed by atoms with van der Waals surface area (Å²) in [7, 11) is 0. The zero-order valence-electron chi connectivity index (χ0n) is 23.7. The predicted octanol–water partition coefficient (Wildman–Crippen LogP) is 6.26. The van der Waals surface area contributed by atoms with Gasteiger partial charge in [-0.05, 0) is 57.9 Å². The molecule has 3 aromatic carbocycles. The minimum Gasteiger partial charge on any atom is -0.507 e. The highest BCUT2D eigenvalue weighted by atomic mass is 16.3. The van der Waals surface area contributed by atoms with Crippen molar-refractivity contribution in [2.24, 2.45) is 9.98 Å². The molecule has 0 amide bonds. The molecule has 3 aromatic rings. The van der Waals surface area contributed by atoms with Crippen molar-refractivity contribution in [2.45, 2.75) is 66.7 Å². The predicted molar refractivity (Wildman–Crippen MR) is 160 cm³/mol. The molecule has 2 aliphatic rings. The van der Waals surface area contributed by atoms with Crippen LogP contribution in [0.4, 0.5) is 0 Å². The second-order valence-corrected chi connectivity index (χ2v) is 10.4. The van der Waals surface area contributed by atoms with E-state index in [4.69, 9.17) is 0 Å². The van der Waals surface area contributed by atoms with E-state index in [1.165, 1.54) is 27.5 Å². The van der Waals surface area contributed by atoms with Crippen molar-refractivity contribution in [1.82, 2.24) is 10.6 Å². The molecule has 0 fully saturated rings. The van der Waals surface area contributed by atoms with Crippen LogP contribution in [0, 0.1) is 13.8 Å². The average molecular weight is 501 g/mol. The normalized spacial score (nSPS) is 14.5. The fourth-order valence-corrected chi connectivity index (χ4v) is 4.78. The molecule has 5 heteroatoms. The first-order chi connectivity index (χ1) is 17.7. The fraction of sp³-hybridized carbons (Fsp3) is 0.438. The van der Waals surface area contributed by atoms with Crippen LogP contribution in [0.25, 0.3) is 10.8 Å². The van der Waals surface area contributed by atoms with Gasteiger partial charge in [0.05, 0.1) is 13.1 Å². The second kappa shape index (κ2) is 12.8. The molecule has 3 N–H and O–H groups in total. The largest absolute Gasteiger partial charge is 0.507 e. The van der Waals surface area contributed by atoms with Crippen LogP contribution in [-0.2, 0) is 18.3 Å². The van der Waals surface area contributed by atoms with Gasteiger partial charge in [0.2, 0.25) is 0 Å². The zero-order chi connectivity index (χ0) is 27.0. The Kier molecular flexibility index (Phi) is 9.73. The summed E-state index contributed by atoms with van der Waals surface area (Å²) in [6.07, 6.45) is 1.71. The number of aromatic hydroxyl groups is 1. The number of aryl methyl sites for hydroxylation is 1. The number of aliphatic imine (C=N–C) groups is 2. The van der Waals surface area contributed by atoms with Crippen LogP contribution in [0.3, 0.4) is 0 Å². The van der Waals surface area contributed by atoms with Crippen LogP contribution in [0.15, 0.2) is 58.5 Å². The number of hydrogen-bond donors (Lipinski definition) is 3. The number of fused-ring (bicyclic) bond motifs is 1. The van der Waals surface area contributed by atoms with E-state index in [9.17, 15) is 5.11 Å². The molecule has 5 nitrogen and oxygen atoms in total. The van der Waals surface area contributed by atoms with Crippen molar-refractivity contribution in [2.75, 3.05) is 26.2 Å². The Morgan fingerprint density at radius 1 is 0.838 bits per heavy atom. The van der Waals surface area contributed by atoms with E-state index in [1.807, 2.05) is 20.8 Å². The molecular weight excluding hydrogens is 456 g/mol. The van der Waals surface area contributed by atoms with Crippen molar-refractivity contribution in [3.63, 3.8) is 0 Å². The summed E-state index contributed by atoms with van der Waals surface area (Å²) < 4.78 is 0. The van der Waals surface area contributed by atoms with Gasteiger partial charge in [0.1, 0.15) is 17.4 Å². The lowest BCUT2D eigenvalue weighted by Gasteiger charge is -2.24. The zero-order valence-corrected chi connectivity index (χ0v) is 23.7. The minimum atomic E-state index is -0.0404. The molecule has 2 aliphatic heterocycles. The van der Waals surface area contributed by atoms with Crippen molar-refractivity contribution in [3.8, 4) is 5.75 Å². The van der Waals surface area contributed by atoms with Crippen LogP contribution >= 0.6 is 0 Å². The van der Waals surface area contributed by atoms with E-state index in [2.05, 4.69) is 96.8 Å². The highest BCUT2D eigenvalue weighted by Gasteiger charge is 2.22. The van der Waals surface area contributed by atoms with Gasteiger partial charge in [-0.1, -0.05) is 83.1 Å². The summed E-state index contributed by atoms with van der Waals surface area (Å²) in [4.78, 5) is 8.88. The van der Waals surface area contributed by atoms with E-state index in [0.29, 0.717) is 5.75 Å². The van der Waals surface area contributed by atoms with Gasteiger partial charge >= 0.3 is 0 Å². The number of amidine groups is 2. The van der Waals surface area contributed by atoms with Crippen molar-refractivity contribution < 1.29 is 5.11 Å². The van der Waals surface area contributed by atoms with Crippen LogP contribution < -0.4 is 10.6 Å². The molecule has 0 aliphatic carbocycles. The van der Waals surface area contributed by atoms with Gasteiger partial charge in [-0.2, -0.15) is 0 Å². The summed E-state index contributed by atoms with van der Waals surface area (Å²) in [5, 5.41) is 19.7. The van der Waals surface area contributed by atoms with Gasteiger partial charge in [0.15, 0.2) is 0 Å². The van der Waals surface area contributed by atoms with Gasteiger partial charge < -0.3 is 15.7 Å². The Balaban J connectivity index is 0.000000195. The first-order valence-electron chi connectivity index (χ1n) is 13.6. The number of rotatable bonds is 4. The van der Waals surface area contributed by atoms with Crippen molar-refractivity contribution >= 4 is 22.4 Å². The molecule has 0 bridgehead atoms. The Hall–Kier alpha value is -3.34. The van der Waals surface area contributed by atoms with Crippen LogP contribution in [0.1, 0.15) is 62.4 Å². The third-order valence-electron chi connectivity index (χ3n) is 6.78. The Bertz CT molecular complexity index is 1260. The topological polar surface area (TPSA) is 69.0 Å². The standard InChI is InChI=1S/C16H24N2O.C14H14N2.C2H6/c1-10-8-13(16(3,4)5)15(19)11(2)12(10)9-14-17-6-7-18-14;1-2-7-13-11(4-1)5-3-6-12(13)10-14-15-8-9-16-14;1-2/h8,19H,6-7,9H2,1-5H3,(H,17,18);1-7H,8-10H2,(H,15,16);1-2H3. The van der Waals surface area contributed by atoms with E-state index in [0.717, 1.165) is 61.8 Å². The monoisotopic (exact) mass is 500 g/mol. The maximum atomic E-state index is 10.5. The van der Waals surface area contributed by atoms with E-state index < -0.39 is 0 Å². The maximum Gasteiger partial charge on any atom is 0.122 e. The molecule has 0 aromatic heterocycles. The van der Waals surface area contributed by atoms with E-state index >= 15 is 0 Å². The molecule has 2 heterocycles. The van der Waals surface area contributed by atoms with Crippen molar-refractivity contribution in [1.29, 1.82) is 0 Å². The smallest absolute Gasteiger partial charge is 0.122 e. The number of nitrogens with one attached hydrogen (secondary N) is 2. The molecule has 5 rings (SSSR count).